The van der Waals surface area contributed by atoms with Crippen LogP contribution >= 0.6 is 0 Å². The fourth-order valence-corrected chi connectivity index (χ4v) is 1.61. The molecule has 3 heteroatoms. The summed E-state index contributed by atoms with van der Waals surface area (Å²) in [7, 11) is 3.13. The summed E-state index contributed by atoms with van der Waals surface area (Å²) < 4.78 is 10.5. The van der Waals surface area contributed by atoms with E-state index in [1.807, 2.05) is 6.07 Å². The van der Waals surface area contributed by atoms with Crippen molar-refractivity contribution in [2.45, 2.75) is 19.8 Å². The molecule has 0 bridgehead atoms. The van der Waals surface area contributed by atoms with Crippen molar-refractivity contribution in [1.29, 1.82) is 0 Å². The lowest BCUT2D eigenvalue weighted by molar-refractivity contribution is 0.112. The second-order valence-electron chi connectivity index (χ2n) is 3.25. The molecule has 0 atom stereocenters. The van der Waals surface area contributed by atoms with E-state index >= 15 is 0 Å². The lowest BCUT2D eigenvalue weighted by Crippen LogP contribution is -1.99. The van der Waals surface area contributed by atoms with E-state index in [1.54, 1.807) is 20.3 Å². The molecule has 0 unspecified atom stereocenters. The highest BCUT2D eigenvalue weighted by Gasteiger charge is 2.13. The van der Waals surface area contributed by atoms with Crippen LogP contribution in [0, 0.1) is 0 Å². The van der Waals surface area contributed by atoms with Gasteiger partial charge in [0.1, 0.15) is 0 Å². The summed E-state index contributed by atoms with van der Waals surface area (Å²) in [5.41, 5.74) is 1.59. The molecule has 0 amide bonds. The Morgan fingerprint density at radius 2 is 1.87 bits per heavy atom. The van der Waals surface area contributed by atoms with Crippen LogP contribution in [0.15, 0.2) is 12.1 Å². The summed E-state index contributed by atoms with van der Waals surface area (Å²) in [6, 6.07) is 3.67. The van der Waals surface area contributed by atoms with Gasteiger partial charge in [0.15, 0.2) is 17.8 Å². The van der Waals surface area contributed by atoms with Crippen molar-refractivity contribution in [3.05, 3.63) is 23.3 Å². The Labute approximate surface area is 90.0 Å². The van der Waals surface area contributed by atoms with Crippen LogP contribution in [0.2, 0.25) is 0 Å². The minimum atomic E-state index is 0.522. The van der Waals surface area contributed by atoms with Gasteiger partial charge in [0.05, 0.1) is 19.8 Å². The van der Waals surface area contributed by atoms with Crippen molar-refractivity contribution >= 4 is 6.29 Å². The topological polar surface area (TPSA) is 35.5 Å². The first kappa shape index (κ1) is 11.6. The molecule has 0 radical (unpaired) electrons. The highest BCUT2D eigenvalue weighted by molar-refractivity contribution is 5.81. The normalized spacial score (nSPS) is 9.80. The van der Waals surface area contributed by atoms with Crippen LogP contribution in [-0.2, 0) is 6.42 Å². The van der Waals surface area contributed by atoms with Gasteiger partial charge >= 0.3 is 0 Å². The first-order valence-corrected chi connectivity index (χ1v) is 4.97. The van der Waals surface area contributed by atoms with E-state index in [1.165, 1.54) is 0 Å². The van der Waals surface area contributed by atoms with E-state index in [0.29, 0.717) is 17.1 Å². The highest BCUT2D eigenvalue weighted by atomic mass is 16.5. The fourth-order valence-electron chi connectivity index (χ4n) is 1.61. The Bertz CT molecular complexity index is 345. The molecule has 0 spiro atoms. The van der Waals surface area contributed by atoms with Crippen LogP contribution < -0.4 is 9.47 Å². The predicted molar refractivity (Wildman–Crippen MR) is 58.9 cm³/mol. The van der Waals surface area contributed by atoms with Crippen molar-refractivity contribution in [3.63, 3.8) is 0 Å². The van der Waals surface area contributed by atoms with E-state index in [4.69, 9.17) is 9.47 Å². The highest BCUT2D eigenvalue weighted by Crippen LogP contribution is 2.34. The summed E-state index contributed by atoms with van der Waals surface area (Å²) in [5, 5.41) is 0. The second-order valence-corrected chi connectivity index (χ2v) is 3.25. The molecule has 0 aliphatic carbocycles. The van der Waals surface area contributed by atoms with Gasteiger partial charge in [0, 0.05) is 0 Å². The molecular weight excluding hydrogens is 192 g/mol. The van der Waals surface area contributed by atoms with E-state index in [9.17, 15) is 4.79 Å². The molecular formula is C12H16O3. The molecule has 0 fully saturated rings. The Kier molecular flexibility index (Phi) is 4.16. The van der Waals surface area contributed by atoms with Crippen LogP contribution in [-0.4, -0.2) is 20.5 Å². The summed E-state index contributed by atoms with van der Waals surface area (Å²) >= 11 is 0. The summed E-state index contributed by atoms with van der Waals surface area (Å²) in [4.78, 5) is 10.8. The predicted octanol–water partition coefficient (Wildman–Crippen LogP) is 2.47. The summed E-state index contributed by atoms with van der Waals surface area (Å²) in [6.07, 6.45) is 2.72. The van der Waals surface area contributed by atoms with Crippen LogP contribution in [0.4, 0.5) is 0 Å². The Morgan fingerprint density at radius 1 is 1.20 bits per heavy atom. The molecule has 3 nitrogen and oxygen atoms in total. The molecule has 0 aliphatic heterocycles. The molecule has 0 saturated heterocycles. The molecule has 82 valence electrons. The number of aldehydes is 1. The van der Waals surface area contributed by atoms with E-state index in [-0.39, 0.29) is 0 Å². The first-order chi connectivity index (χ1) is 7.28. The number of carbonyl (C=O) groups excluding carboxylic acids is 1. The lowest BCUT2D eigenvalue weighted by Gasteiger charge is -2.13. The number of methoxy groups -OCH3 is 2. The Morgan fingerprint density at radius 3 is 2.33 bits per heavy atom. The van der Waals surface area contributed by atoms with E-state index in [0.717, 1.165) is 24.7 Å². The maximum atomic E-state index is 10.8. The van der Waals surface area contributed by atoms with E-state index < -0.39 is 0 Å². The van der Waals surface area contributed by atoms with Gasteiger partial charge in [0.25, 0.3) is 0 Å². The second kappa shape index (κ2) is 5.39. The summed E-state index contributed by atoms with van der Waals surface area (Å²) in [6.45, 7) is 2.10. The molecule has 1 aromatic carbocycles. The van der Waals surface area contributed by atoms with Crippen LogP contribution in [0.5, 0.6) is 11.5 Å². The number of carbonyl (C=O) groups is 1. The summed E-state index contributed by atoms with van der Waals surface area (Å²) in [5.74, 6) is 1.20. The number of ether oxygens (including phenoxy) is 2. The van der Waals surface area contributed by atoms with Crippen molar-refractivity contribution in [3.8, 4) is 11.5 Å². The number of hydrogen-bond donors (Lipinski definition) is 0. The smallest absolute Gasteiger partial charge is 0.171 e. The third-order valence-corrected chi connectivity index (χ3v) is 2.28. The van der Waals surface area contributed by atoms with E-state index in [2.05, 4.69) is 6.92 Å². The van der Waals surface area contributed by atoms with Gasteiger partial charge in [-0.1, -0.05) is 19.4 Å². The number of aryl methyl sites for hydroxylation is 1. The van der Waals surface area contributed by atoms with Gasteiger partial charge in [-0.15, -0.1) is 0 Å². The number of hydrogen-bond acceptors (Lipinski definition) is 3. The quantitative estimate of drug-likeness (QED) is 0.697. The monoisotopic (exact) mass is 208 g/mol. The number of benzene rings is 1. The minimum absolute atomic E-state index is 0.522. The third kappa shape index (κ3) is 2.29. The Balaban J connectivity index is 3.27. The van der Waals surface area contributed by atoms with Crippen molar-refractivity contribution < 1.29 is 14.3 Å². The average Bonchev–Trinajstić information content (AvgIpc) is 2.28. The van der Waals surface area contributed by atoms with Crippen LogP contribution in [0.1, 0.15) is 29.3 Å². The average molecular weight is 208 g/mol. The first-order valence-electron chi connectivity index (χ1n) is 4.97. The van der Waals surface area contributed by atoms with Gasteiger partial charge in [-0.3, -0.25) is 4.79 Å². The van der Waals surface area contributed by atoms with Gasteiger partial charge in [-0.2, -0.15) is 0 Å². The molecule has 0 saturated carbocycles. The lowest BCUT2D eigenvalue weighted by atomic mass is 10.1. The minimum Gasteiger partial charge on any atom is -0.493 e. The van der Waals surface area contributed by atoms with Crippen molar-refractivity contribution in [2.24, 2.45) is 0 Å². The van der Waals surface area contributed by atoms with Gasteiger partial charge in [0.2, 0.25) is 0 Å². The zero-order valence-corrected chi connectivity index (χ0v) is 9.37. The molecule has 0 aliphatic rings. The molecule has 1 rings (SSSR count). The van der Waals surface area contributed by atoms with Crippen molar-refractivity contribution in [1.82, 2.24) is 0 Å². The van der Waals surface area contributed by atoms with Crippen LogP contribution in [0.25, 0.3) is 0 Å². The molecule has 0 N–H and O–H groups in total. The molecule has 0 heterocycles. The third-order valence-electron chi connectivity index (χ3n) is 2.28. The van der Waals surface area contributed by atoms with Crippen molar-refractivity contribution in [2.75, 3.05) is 14.2 Å². The van der Waals surface area contributed by atoms with Gasteiger partial charge < -0.3 is 9.47 Å². The molecule has 0 aromatic heterocycles. The Hall–Kier alpha value is -1.51. The molecule has 1 aromatic rings. The van der Waals surface area contributed by atoms with Crippen LogP contribution in [0.3, 0.4) is 0 Å². The largest absolute Gasteiger partial charge is 0.493 e. The number of rotatable bonds is 5. The maximum absolute atomic E-state index is 10.8. The molecule has 15 heavy (non-hydrogen) atoms. The zero-order valence-electron chi connectivity index (χ0n) is 9.37. The zero-order chi connectivity index (χ0) is 11.3. The van der Waals surface area contributed by atoms with Gasteiger partial charge in [-0.25, -0.2) is 0 Å². The van der Waals surface area contributed by atoms with Gasteiger partial charge in [-0.05, 0) is 18.1 Å². The SMILES string of the molecule is CCCc1ccc(C=O)c(OC)c1OC. The fraction of sp³-hybridized carbons (Fsp3) is 0.417. The standard InChI is InChI=1S/C12H16O3/c1-4-5-9-6-7-10(8-13)12(15-3)11(9)14-2/h6-8H,4-5H2,1-3H3. The maximum Gasteiger partial charge on any atom is 0.171 e.